The first kappa shape index (κ1) is 22.1. The SMILES string of the molecule is CCOC(=O)C1(CC=Cc2ccccc2)CCCN(C(=O)c2cccnc2SC)C1. The van der Waals surface area contributed by atoms with Gasteiger partial charge in [0.2, 0.25) is 0 Å². The molecule has 1 saturated heterocycles. The monoisotopic (exact) mass is 424 g/mol. The second-order valence-corrected chi connectivity index (χ2v) is 8.20. The summed E-state index contributed by atoms with van der Waals surface area (Å²) in [6.45, 7) is 3.13. The molecule has 1 atom stereocenters. The molecule has 0 saturated carbocycles. The maximum absolute atomic E-state index is 13.2. The Morgan fingerprint density at radius 3 is 2.77 bits per heavy atom. The Labute approximate surface area is 182 Å². The molecule has 3 rings (SSSR count). The fourth-order valence-electron chi connectivity index (χ4n) is 3.88. The maximum Gasteiger partial charge on any atom is 0.314 e. The Kier molecular flexibility index (Phi) is 7.69. The summed E-state index contributed by atoms with van der Waals surface area (Å²) >= 11 is 1.45. The van der Waals surface area contributed by atoms with E-state index in [4.69, 9.17) is 4.74 Å². The van der Waals surface area contributed by atoms with E-state index in [-0.39, 0.29) is 11.9 Å². The predicted molar refractivity (Wildman–Crippen MR) is 120 cm³/mol. The quantitative estimate of drug-likeness (QED) is 0.477. The molecule has 1 fully saturated rings. The number of hydrogen-bond acceptors (Lipinski definition) is 5. The number of rotatable bonds is 7. The number of amides is 1. The van der Waals surface area contributed by atoms with E-state index in [1.807, 2.05) is 55.7 Å². The zero-order valence-corrected chi connectivity index (χ0v) is 18.4. The second kappa shape index (κ2) is 10.4. The van der Waals surface area contributed by atoms with Crippen molar-refractivity contribution in [2.24, 2.45) is 5.41 Å². The minimum absolute atomic E-state index is 0.0761. The van der Waals surface area contributed by atoms with Crippen LogP contribution >= 0.6 is 11.8 Å². The third-order valence-electron chi connectivity index (χ3n) is 5.39. The lowest BCUT2D eigenvalue weighted by molar-refractivity contribution is -0.158. The van der Waals surface area contributed by atoms with Crippen LogP contribution in [0, 0.1) is 5.41 Å². The van der Waals surface area contributed by atoms with Gasteiger partial charge in [-0.3, -0.25) is 9.59 Å². The number of pyridine rings is 1. The number of hydrogen-bond donors (Lipinski definition) is 0. The molecule has 2 aromatic rings. The molecule has 0 radical (unpaired) electrons. The molecule has 1 aromatic heterocycles. The molecule has 30 heavy (non-hydrogen) atoms. The largest absolute Gasteiger partial charge is 0.466 e. The first-order chi connectivity index (χ1) is 14.6. The number of thioether (sulfide) groups is 1. The van der Waals surface area contributed by atoms with E-state index < -0.39 is 5.41 Å². The van der Waals surface area contributed by atoms with Crippen LogP contribution in [0.3, 0.4) is 0 Å². The highest BCUT2D eigenvalue weighted by molar-refractivity contribution is 7.98. The van der Waals surface area contributed by atoms with E-state index in [0.717, 1.165) is 12.0 Å². The Hall–Kier alpha value is -2.60. The van der Waals surface area contributed by atoms with Crippen molar-refractivity contribution in [3.8, 4) is 0 Å². The lowest BCUT2D eigenvalue weighted by atomic mass is 9.76. The third-order valence-corrected chi connectivity index (χ3v) is 6.10. The van der Waals surface area contributed by atoms with E-state index in [1.165, 1.54) is 11.8 Å². The molecule has 0 spiro atoms. The smallest absolute Gasteiger partial charge is 0.314 e. The number of ether oxygens (including phenoxy) is 1. The van der Waals surface area contributed by atoms with Gasteiger partial charge in [0.15, 0.2) is 0 Å². The number of likely N-dealkylation sites (tertiary alicyclic amines) is 1. The number of benzene rings is 1. The Bertz CT molecular complexity index is 900. The molecule has 0 N–H and O–H groups in total. The van der Waals surface area contributed by atoms with Gasteiger partial charge >= 0.3 is 5.97 Å². The summed E-state index contributed by atoms with van der Waals surface area (Å²) in [6, 6.07) is 13.6. The van der Waals surface area contributed by atoms with Crippen molar-refractivity contribution in [1.29, 1.82) is 0 Å². The number of piperidine rings is 1. The van der Waals surface area contributed by atoms with Gasteiger partial charge in [0, 0.05) is 19.3 Å². The lowest BCUT2D eigenvalue weighted by Gasteiger charge is -2.40. The Morgan fingerprint density at radius 2 is 2.03 bits per heavy atom. The Balaban J connectivity index is 1.83. The van der Waals surface area contributed by atoms with E-state index in [9.17, 15) is 9.59 Å². The standard InChI is InChI=1S/C24H28N2O3S/c1-3-29-23(28)24(14-7-12-19-10-5-4-6-11-19)15-9-17-26(18-24)22(27)20-13-8-16-25-21(20)30-2/h4-8,10-13,16H,3,9,14-15,17-18H2,1-2H3. The van der Waals surface area contributed by atoms with Crippen LogP contribution in [-0.2, 0) is 9.53 Å². The van der Waals surface area contributed by atoms with Gasteiger partial charge in [-0.15, -0.1) is 11.8 Å². The van der Waals surface area contributed by atoms with Gasteiger partial charge in [-0.25, -0.2) is 4.98 Å². The Morgan fingerprint density at radius 1 is 1.23 bits per heavy atom. The van der Waals surface area contributed by atoms with Crippen molar-refractivity contribution in [2.45, 2.75) is 31.2 Å². The van der Waals surface area contributed by atoms with Gasteiger partial charge in [-0.05, 0) is 50.1 Å². The highest BCUT2D eigenvalue weighted by Gasteiger charge is 2.44. The minimum Gasteiger partial charge on any atom is -0.466 e. The molecular formula is C24H28N2O3S. The summed E-state index contributed by atoms with van der Waals surface area (Å²) in [5.74, 6) is -0.302. The molecular weight excluding hydrogens is 396 g/mol. The van der Waals surface area contributed by atoms with E-state index in [1.54, 1.807) is 23.2 Å². The van der Waals surface area contributed by atoms with Gasteiger partial charge in [-0.2, -0.15) is 0 Å². The fourth-order valence-corrected chi connectivity index (χ4v) is 4.42. The van der Waals surface area contributed by atoms with Gasteiger partial charge < -0.3 is 9.64 Å². The molecule has 6 heteroatoms. The topological polar surface area (TPSA) is 59.5 Å². The van der Waals surface area contributed by atoms with E-state index in [2.05, 4.69) is 4.98 Å². The number of carbonyl (C=O) groups is 2. The molecule has 1 aliphatic rings. The van der Waals surface area contributed by atoms with E-state index in [0.29, 0.717) is 43.1 Å². The van der Waals surface area contributed by atoms with Crippen LogP contribution in [0.2, 0.25) is 0 Å². The van der Waals surface area contributed by atoms with Crippen molar-refractivity contribution in [3.05, 3.63) is 65.9 Å². The number of carbonyl (C=O) groups excluding carboxylic acids is 2. The van der Waals surface area contributed by atoms with Crippen molar-refractivity contribution in [3.63, 3.8) is 0 Å². The second-order valence-electron chi connectivity index (χ2n) is 7.41. The first-order valence-corrected chi connectivity index (χ1v) is 11.5. The van der Waals surface area contributed by atoms with Gasteiger partial charge in [0.1, 0.15) is 5.03 Å². The van der Waals surface area contributed by atoms with Crippen LogP contribution in [0.5, 0.6) is 0 Å². The van der Waals surface area contributed by atoms with Crippen molar-refractivity contribution < 1.29 is 14.3 Å². The highest BCUT2D eigenvalue weighted by Crippen LogP contribution is 2.37. The van der Waals surface area contributed by atoms with Crippen molar-refractivity contribution >= 4 is 29.7 Å². The minimum atomic E-state index is -0.725. The van der Waals surface area contributed by atoms with Gasteiger partial charge in [0.05, 0.1) is 17.6 Å². The van der Waals surface area contributed by atoms with Gasteiger partial charge in [-0.1, -0.05) is 42.5 Å². The maximum atomic E-state index is 13.2. The molecule has 1 amide bonds. The molecule has 1 unspecified atom stereocenters. The molecule has 0 aliphatic carbocycles. The molecule has 1 aliphatic heterocycles. The molecule has 158 valence electrons. The fraction of sp³-hybridized carbons (Fsp3) is 0.375. The number of esters is 1. The summed E-state index contributed by atoms with van der Waals surface area (Å²) in [7, 11) is 0. The molecule has 2 heterocycles. The van der Waals surface area contributed by atoms with Crippen LogP contribution in [0.15, 0.2) is 59.8 Å². The summed E-state index contributed by atoms with van der Waals surface area (Å²) < 4.78 is 5.44. The van der Waals surface area contributed by atoms with E-state index >= 15 is 0 Å². The first-order valence-electron chi connectivity index (χ1n) is 10.3. The summed E-state index contributed by atoms with van der Waals surface area (Å²) in [6.07, 6.45) is 9.65. The van der Waals surface area contributed by atoms with Crippen LogP contribution in [-0.4, -0.2) is 47.7 Å². The van der Waals surface area contributed by atoms with Crippen LogP contribution < -0.4 is 0 Å². The average Bonchev–Trinajstić information content (AvgIpc) is 2.79. The van der Waals surface area contributed by atoms with Crippen LogP contribution in [0.25, 0.3) is 6.08 Å². The summed E-state index contributed by atoms with van der Waals surface area (Å²) in [5, 5.41) is 0.707. The number of aromatic nitrogens is 1. The summed E-state index contributed by atoms with van der Waals surface area (Å²) in [4.78, 5) is 32.3. The molecule has 0 bridgehead atoms. The predicted octanol–water partition coefficient (Wildman–Crippen LogP) is 4.69. The molecule has 1 aromatic carbocycles. The zero-order chi connectivity index (χ0) is 21.4. The third kappa shape index (κ3) is 5.11. The normalized spacial score (nSPS) is 19.1. The lowest BCUT2D eigenvalue weighted by Crippen LogP contribution is -2.50. The highest BCUT2D eigenvalue weighted by atomic mass is 32.2. The van der Waals surface area contributed by atoms with Crippen LogP contribution in [0.1, 0.15) is 42.1 Å². The average molecular weight is 425 g/mol. The zero-order valence-electron chi connectivity index (χ0n) is 17.5. The van der Waals surface area contributed by atoms with Crippen molar-refractivity contribution in [2.75, 3.05) is 26.0 Å². The molecule has 5 nitrogen and oxygen atoms in total. The van der Waals surface area contributed by atoms with Crippen LogP contribution in [0.4, 0.5) is 0 Å². The number of nitrogens with zero attached hydrogens (tertiary/aromatic N) is 2. The van der Waals surface area contributed by atoms with Gasteiger partial charge in [0.25, 0.3) is 5.91 Å². The number of allylic oxidation sites excluding steroid dienone is 1. The summed E-state index contributed by atoms with van der Waals surface area (Å²) in [5.41, 5.74) is 0.946. The van der Waals surface area contributed by atoms with Crippen molar-refractivity contribution in [1.82, 2.24) is 9.88 Å².